The quantitative estimate of drug-likeness (QED) is 0.313. The maximum atomic E-state index is 14.6. The molecule has 1 saturated carbocycles. The highest BCUT2D eigenvalue weighted by atomic mass is 35.5. The lowest BCUT2D eigenvalue weighted by atomic mass is 10.0. The van der Waals surface area contributed by atoms with E-state index < -0.39 is 16.7 Å². The predicted octanol–water partition coefficient (Wildman–Crippen LogP) is 5.27. The number of halogens is 3. The summed E-state index contributed by atoms with van der Waals surface area (Å²) in [5.74, 6) is 0.292. The first-order valence-corrected chi connectivity index (χ1v) is 13.3. The number of likely N-dealkylation sites (tertiary alicyclic amines) is 1. The van der Waals surface area contributed by atoms with Gasteiger partial charge in [0, 0.05) is 31.0 Å². The molecule has 0 spiro atoms. The summed E-state index contributed by atoms with van der Waals surface area (Å²) in [5.41, 5.74) is 0.541. The molecular weight excluding hydrogens is 530 g/mol. The van der Waals surface area contributed by atoms with Crippen LogP contribution in [-0.2, 0) is 9.53 Å². The lowest BCUT2D eigenvalue weighted by Gasteiger charge is -2.22. The van der Waals surface area contributed by atoms with Gasteiger partial charge in [-0.2, -0.15) is 0 Å². The Balaban J connectivity index is 1.30. The third-order valence-corrected chi connectivity index (χ3v) is 8.00. The van der Waals surface area contributed by atoms with Gasteiger partial charge in [-0.3, -0.25) is 4.79 Å². The molecule has 0 bridgehead atoms. The van der Waals surface area contributed by atoms with Crippen LogP contribution in [0.15, 0.2) is 43.2 Å². The van der Waals surface area contributed by atoms with E-state index in [2.05, 4.69) is 21.9 Å². The van der Waals surface area contributed by atoms with E-state index in [1.807, 2.05) is 4.90 Å². The summed E-state index contributed by atoms with van der Waals surface area (Å²) in [6.07, 6.45) is 4.93. The average molecular weight is 557 g/mol. The van der Waals surface area contributed by atoms with Crippen LogP contribution in [0.5, 0.6) is 11.5 Å². The van der Waals surface area contributed by atoms with Gasteiger partial charge in [-0.25, -0.2) is 18.7 Å². The third-order valence-electron chi connectivity index (χ3n) is 7.66. The van der Waals surface area contributed by atoms with Crippen LogP contribution >= 0.6 is 11.6 Å². The second kappa shape index (κ2) is 10.6. The van der Waals surface area contributed by atoms with Gasteiger partial charge in [0.1, 0.15) is 29.1 Å². The number of benzene rings is 2. The first kappa shape index (κ1) is 25.8. The second-order valence-electron chi connectivity index (χ2n) is 10.2. The molecule has 4 atom stereocenters. The Morgan fingerprint density at radius 3 is 2.59 bits per heavy atom. The SMILES string of the molecule is C=CC(=O)N1C[C@H]2C[C@H](Oc3cc4c(Nc5ccc(F)c(Cl)c5F)ncnc4cc3O[C@H]3CCOC3)C[C@H]2C1. The van der Waals surface area contributed by atoms with Gasteiger partial charge >= 0.3 is 0 Å². The van der Waals surface area contributed by atoms with Crippen molar-refractivity contribution in [3.05, 3.63) is 59.9 Å². The molecule has 204 valence electrons. The molecule has 3 aromatic rings. The van der Waals surface area contributed by atoms with E-state index in [1.165, 1.54) is 18.5 Å². The van der Waals surface area contributed by atoms with Crippen molar-refractivity contribution < 1.29 is 27.8 Å². The molecule has 3 heterocycles. The van der Waals surface area contributed by atoms with E-state index in [4.69, 9.17) is 25.8 Å². The van der Waals surface area contributed by atoms with Crippen LogP contribution in [0.25, 0.3) is 10.9 Å². The molecule has 0 unspecified atom stereocenters. The normalized spacial score (nSPS) is 24.1. The minimum absolute atomic E-state index is 0.0189. The van der Waals surface area contributed by atoms with E-state index in [0.29, 0.717) is 66.4 Å². The van der Waals surface area contributed by atoms with Gasteiger partial charge in [-0.1, -0.05) is 18.2 Å². The Morgan fingerprint density at radius 1 is 1.13 bits per heavy atom. The summed E-state index contributed by atoms with van der Waals surface area (Å²) < 4.78 is 46.6. The molecule has 2 saturated heterocycles. The summed E-state index contributed by atoms with van der Waals surface area (Å²) >= 11 is 5.77. The fourth-order valence-corrected chi connectivity index (χ4v) is 5.88. The van der Waals surface area contributed by atoms with Crippen molar-refractivity contribution in [2.45, 2.75) is 31.5 Å². The zero-order chi connectivity index (χ0) is 27.1. The molecule has 1 aliphatic carbocycles. The van der Waals surface area contributed by atoms with E-state index in [9.17, 15) is 13.6 Å². The molecule has 2 aliphatic heterocycles. The number of nitrogens with zero attached hydrogens (tertiary/aromatic N) is 3. The van der Waals surface area contributed by atoms with Crippen LogP contribution in [-0.4, -0.2) is 59.3 Å². The number of hydrogen-bond acceptors (Lipinski definition) is 7. The maximum Gasteiger partial charge on any atom is 0.245 e. The smallest absolute Gasteiger partial charge is 0.245 e. The first-order valence-electron chi connectivity index (χ1n) is 12.9. The van der Waals surface area contributed by atoms with Crippen molar-refractivity contribution in [2.24, 2.45) is 11.8 Å². The van der Waals surface area contributed by atoms with Crippen molar-refractivity contribution in [3.63, 3.8) is 0 Å². The van der Waals surface area contributed by atoms with Gasteiger partial charge in [-0.15, -0.1) is 0 Å². The third kappa shape index (κ3) is 5.10. The Hall–Kier alpha value is -3.50. The topological polar surface area (TPSA) is 85.8 Å². The van der Waals surface area contributed by atoms with Crippen molar-refractivity contribution in [3.8, 4) is 11.5 Å². The van der Waals surface area contributed by atoms with Gasteiger partial charge in [0.15, 0.2) is 17.3 Å². The van der Waals surface area contributed by atoms with Gasteiger partial charge < -0.3 is 24.4 Å². The van der Waals surface area contributed by atoms with Crippen LogP contribution in [0.3, 0.4) is 0 Å². The maximum absolute atomic E-state index is 14.6. The Labute approximate surface area is 228 Å². The Morgan fingerprint density at radius 2 is 1.87 bits per heavy atom. The van der Waals surface area contributed by atoms with Crippen LogP contribution < -0.4 is 14.8 Å². The Kier molecular flexibility index (Phi) is 6.99. The highest BCUT2D eigenvalue weighted by molar-refractivity contribution is 6.31. The fourth-order valence-electron chi connectivity index (χ4n) is 5.71. The summed E-state index contributed by atoms with van der Waals surface area (Å²) in [7, 11) is 0. The zero-order valence-electron chi connectivity index (χ0n) is 21.0. The number of nitrogens with one attached hydrogen (secondary N) is 1. The van der Waals surface area contributed by atoms with E-state index >= 15 is 0 Å². The molecule has 3 aliphatic rings. The molecule has 6 rings (SSSR count). The molecule has 1 aromatic heterocycles. The molecule has 2 aromatic carbocycles. The number of carbonyl (C=O) groups is 1. The minimum atomic E-state index is -0.914. The largest absolute Gasteiger partial charge is 0.486 e. The number of amides is 1. The Bertz CT molecular complexity index is 1420. The monoisotopic (exact) mass is 556 g/mol. The van der Waals surface area contributed by atoms with Crippen LogP contribution in [0.2, 0.25) is 5.02 Å². The molecule has 39 heavy (non-hydrogen) atoms. The average Bonchev–Trinajstić information content (AvgIpc) is 3.66. The number of fused-ring (bicyclic) bond motifs is 2. The zero-order valence-corrected chi connectivity index (χ0v) is 21.8. The number of hydrogen-bond donors (Lipinski definition) is 1. The highest BCUT2D eigenvalue weighted by Gasteiger charge is 2.43. The van der Waals surface area contributed by atoms with Crippen molar-refractivity contribution >= 4 is 39.9 Å². The molecular formula is C28H27ClF2N4O4. The van der Waals surface area contributed by atoms with E-state index in [0.717, 1.165) is 25.3 Å². The first-order chi connectivity index (χ1) is 18.9. The van der Waals surface area contributed by atoms with Crippen molar-refractivity contribution in [2.75, 3.05) is 31.6 Å². The lowest BCUT2D eigenvalue weighted by Crippen LogP contribution is -2.29. The minimum Gasteiger partial charge on any atom is -0.486 e. The molecule has 1 N–H and O–H groups in total. The fraction of sp³-hybridized carbons (Fsp3) is 0.393. The molecule has 0 radical (unpaired) electrons. The molecule has 8 nitrogen and oxygen atoms in total. The summed E-state index contributed by atoms with van der Waals surface area (Å²) in [6.45, 7) is 6.10. The molecule has 1 amide bonds. The number of carbonyl (C=O) groups excluding carboxylic acids is 1. The summed E-state index contributed by atoms with van der Waals surface area (Å²) in [5, 5.41) is 2.88. The molecule has 3 fully saturated rings. The van der Waals surface area contributed by atoms with E-state index in [-0.39, 0.29) is 23.8 Å². The summed E-state index contributed by atoms with van der Waals surface area (Å²) in [6, 6.07) is 5.91. The highest BCUT2D eigenvalue weighted by Crippen LogP contribution is 2.43. The van der Waals surface area contributed by atoms with Gasteiger partial charge in [0.2, 0.25) is 5.91 Å². The van der Waals surface area contributed by atoms with Crippen molar-refractivity contribution in [1.29, 1.82) is 0 Å². The van der Waals surface area contributed by atoms with E-state index in [1.54, 1.807) is 12.1 Å². The van der Waals surface area contributed by atoms with Gasteiger partial charge in [0.05, 0.1) is 30.5 Å². The lowest BCUT2D eigenvalue weighted by molar-refractivity contribution is -0.125. The van der Waals surface area contributed by atoms with Crippen molar-refractivity contribution in [1.82, 2.24) is 14.9 Å². The number of aromatic nitrogens is 2. The number of rotatable bonds is 7. The number of ether oxygens (including phenoxy) is 3. The van der Waals surface area contributed by atoms with Gasteiger partial charge in [-0.05, 0) is 49.0 Å². The summed E-state index contributed by atoms with van der Waals surface area (Å²) in [4.78, 5) is 22.6. The number of anilines is 2. The van der Waals surface area contributed by atoms with Crippen LogP contribution in [0, 0.1) is 23.5 Å². The van der Waals surface area contributed by atoms with Crippen LogP contribution in [0.4, 0.5) is 20.3 Å². The molecule has 11 heteroatoms. The standard InChI is InChI=1S/C28H27ClF2N4O4/c1-2-25(36)35-11-15-7-18(8-16(15)12-35)39-23-9-19-22(10-24(23)38-17-5-6-37-13-17)32-14-33-28(19)34-21-4-3-20(30)26(29)27(21)31/h2-4,9-10,14-18H,1,5-8,11-13H2,(H,32,33,34)/t15-,16+,17-,18+/m0/s1. The van der Waals surface area contributed by atoms with Gasteiger partial charge in [0.25, 0.3) is 0 Å². The second-order valence-corrected chi connectivity index (χ2v) is 10.5. The predicted molar refractivity (Wildman–Crippen MR) is 141 cm³/mol. The van der Waals surface area contributed by atoms with Crippen LogP contribution in [0.1, 0.15) is 19.3 Å².